The molecule has 1 aromatic carbocycles. The van der Waals surface area contributed by atoms with Crippen molar-refractivity contribution < 1.29 is 9.47 Å². The Hall–Kier alpha value is -1.69. The molecule has 0 N–H and O–H groups in total. The molecule has 0 aliphatic heterocycles. The minimum atomic E-state index is 0.305. The van der Waals surface area contributed by atoms with Gasteiger partial charge in [-0.3, -0.25) is 0 Å². The molecule has 0 unspecified atom stereocenters. The molecule has 0 aliphatic carbocycles. The molecule has 0 saturated heterocycles. The predicted molar refractivity (Wildman–Crippen MR) is 53.5 cm³/mol. The van der Waals surface area contributed by atoms with Gasteiger partial charge in [-0.1, -0.05) is 6.07 Å². The van der Waals surface area contributed by atoms with E-state index in [0.29, 0.717) is 18.8 Å². The summed E-state index contributed by atoms with van der Waals surface area (Å²) in [5.74, 6) is 1.44. The van der Waals surface area contributed by atoms with Gasteiger partial charge in [0.2, 0.25) is 0 Å². The molecule has 0 aliphatic rings. The van der Waals surface area contributed by atoms with E-state index in [1.54, 1.807) is 7.11 Å². The molecule has 3 nitrogen and oxygen atoms in total. The van der Waals surface area contributed by atoms with Crippen molar-refractivity contribution in [3.05, 3.63) is 23.8 Å². The first-order valence-corrected chi connectivity index (χ1v) is 4.49. The van der Waals surface area contributed by atoms with E-state index in [1.165, 1.54) is 0 Å². The van der Waals surface area contributed by atoms with Crippen LogP contribution >= 0.6 is 0 Å². The second-order valence-corrected chi connectivity index (χ2v) is 2.70. The van der Waals surface area contributed by atoms with Crippen molar-refractivity contribution in [2.24, 2.45) is 0 Å². The number of methoxy groups -OCH3 is 1. The van der Waals surface area contributed by atoms with E-state index in [-0.39, 0.29) is 0 Å². The molecule has 0 bridgehead atoms. The minimum Gasteiger partial charge on any atom is -0.496 e. The van der Waals surface area contributed by atoms with Crippen LogP contribution in [0.25, 0.3) is 0 Å². The first kappa shape index (κ1) is 10.4. The fourth-order valence-corrected chi connectivity index (χ4v) is 1.28. The van der Waals surface area contributed by atoms with Crippen LogP contribution in [-0.4, -0.2) is 13.7 Å². The van der Waals surface area contributed by atoms with Gasteiger partial charge in [-0.25, -0.2) is 0 Å². The number of ether oxygens (including phenoxy) is 2. The number of nitrogens with zero attached hydrogens (tertiary/aromatic N) is 1. The number of hydrogen-bond acceptors (Lipinski definition) is 3. The van der Waals surface area contributed by atoms with Crippen molar-refractivity contribution in [1.29, 1.82) is 5.26 Å². The highest BCUT2D eigenvalue weighted by Gasteiger charge is 2.08. The van der Waals surface area contributed by atoms with Gasteiger partial charge in [0.25, 0.3) is 0 Å². The van der Waals surface area contributed by atoms with Crippen LogP contribution < -0.4 is 9.47 Å². The first-order valence-electron chi connectivity index (χ1n) is 4.49. The molecule has 14 heavy (non-hydrogen) atoms. The summed E-state index contributed by atoms with van der Waals surface area (Å²) < 4.78 is 10.6. The van der Waals surface area contributed by atoms with Crippen LogP contribution in [0, 0.1) is 11.3 Å². The lowest BCUT2D eigenvalue weighted by Gasteiger charge is -2.11. The van der Waals surface area contributed by atoms with Crippen molar-refractivity contribution in [2.45, 2.75) is 13.3 Å². The maximum absolute atomic E-state index is 8.67. The lowest BCUT2D eigenvalue weighted by Crippen LogP contribution is -1.98. The van der Waals surface area contributed by atoms with E-state index in [4.69, 9.17) is 14.7 Å². The number of rotatable bonds is 4. The molecule has 0 atom stereocenters. The van der Waals surface area contributed by atoms with Crippen LogP contribution in [0.1, 0.15) is 12.5 Å². The van der Waals surface area contributed by atoms with Crippen molar-refractivity contribution in [3.8, 4) is 17.6 Å². The summed E-state index contributed by atoms with van der Waals surface area (Å²) in [6.45, 7) is 2.50. The summed E-state index contributed by atoms with van der Waals surface area (Å²) in [5, 5.41) is 8.67. The summed E-state index contributed by atoms with van der Waals surface area (Å²) in [6, 6.07) is 7.62. The summed E-state index contributed by atoms with van der Waals surface area (Å²) in [6.07, 6.45) is 0.305. The van der Waals surface area contributed by atoms with E-state index in [1.807, 2.05) is 25.1 Å². The zero-order chi connectivity index (χ0) is 10.4. The van der Waals surface area contributed by atoms with E-state index in [2.05, 4.69) is 6.07 Å². The minimum absolute atomic E-state index is 0.305. The molecule has 3 heteroatoms. The van der Waals surface area contributed by atoms with Gasteiger partial charge in [-0.05, 0) is 19.1 Å². The average Bonchev–Trinajstić information content (AvgIpc) is 2.21. The van der Waals surface area contributed by atoms with Gasteiger partial charge in [-0.15, -0.1) is 0 Å². The Morgan fingerprint density at radius 2 is 2.07 bits per heavy atom. The quantitative estimate of drug-likeness (QED) is 0.732. The smallest absolute Gasteiger partial charge is 0.127 e. The maximum Gasteiger partial charge on any atom is 0.127 e. The lowest BCUT2D eigenvalue weighted by atomic mass is 10.1. The Labute approximate surface area is 83.9 Å². The van der Waals surface area contributed by atoms with Crippen LogP contribution in [0.15, 0.2) is 18.2 Å². The SMILES string of the molecule is CCOc1cccc(OC)c1CC#N. The Morgan fingerprint density at radius 3 is 2.64 bits per heavy atom. The highest BCUT2D eigenvalue weighted by Crippen LogP contribution is 2.28. The van der Waals surface area contributed by atoms with Crippen molar-refractivity contribution >= 4 is 0 Å². The zero-order valence-electron chi connectivity index (χ0n) is 8.41. The van der Waals surface area contributed by atoms with Crippen molar-refractivity contribution in [3.63, 3.8) is 0 Å². The second kappa shape index (κ2) is 5.13. The molecule has 0 aromatic heterocycles. The molecule has 0 saturated carbocycles. The number of benzene rings is 1. The maximum atomic E-state index is 8.67. The molecule has 0 radical (unpaired) electrons. The molecular weight excluding hydrogens is 178 g/mol. The molecule has 1 aromatic rings. The Kier molecular flexibility index (Phi) is 3.81. The van der Waals surface area contributed by atoms with Crippen LogP contribution in [0.3, 0.4) is 0 Å². The van der Waals surface area contributed by atoms with Gasteiger partial charge < -0.3 is 9.47 Å². The van der Waals surface area contributed by atoms with Gasteiger partial charge in [0.05, 0.1) is 31.8 Å². The molecule has 0 heterocycles. The van der Waals surface area contributed by atoms with Gasteiger partial charge in [-0.2, -0.15) is 5.26 Å². The molecule has 0 fully saturated rings. The highest BCUT2D eigenvalue weighted by atomic mass is 16.5. The molecule has 0 amide bonds. The van der Waals surface area contributed by atoms with Crippen molar-refractivity contribution in [1.82, 2.24) is 0 Å². The van der Waals surface area contributed by atoms with Gasteiger partial charge >= 0.3 is 0 Å². The second-order valence-electron chi connectivity index (χ2n) is 2.70. The summed E-state index contributed by atoms with van der Waals surface area (Å²) in [7, 11) is 1.59. The summed E-state index contributed by atoms with van der Waals surface area (Å²) in [4.78, 5) is 0. The molecular formula is C11H13NO2. The highest BCUT2D eigenvalue weighted by molar-refractivity contribution is 5.46. The fraction of sp³-hybridized carbons (Fsp3) is 0.364. The number of nitriles is 1. The lowest BCUT2D eigenvalue weighted by molar-refractivity contribution is 0.332. The van der Waals surface area contributed by atoms with E-state index >= 15 is 0 Å². The summed E-state index contributed by atoms with van der Waals surface area (Å²) in [5.41, 5.74) is 0.819. The van der Waals surface area contributed by atoms with Crippen LogP contribution in [0.4, 0.5) is 0 Å². The third-order valence-electron chi connectivity index (χ3n) is 1.87. The topological polar surface area (TPSA) is 42.2 Å². The van der Waals surface area contributed by atoms with Crippen molar-refractivity contribution in [2.75, 3.05) is 13.7 Å². The Balaban J connectivity index is 3.08. The fourth-order valence-electron chi connectivity index (χ4n) is 1.28. The van der Waals surface area contributed by atoms with Gasteiger partial charge in [0.15, 0.2) is 0 Å². The van der Waals surface area contributed by atoms with E-state index in [9.17, 15) is 0 Å². The van der Waals surface area contributed by atoms with Gasteiger partial charge in [0.1, 0.15) is 11.5 Å². The predicted octanol–water partition coefficient (Wildman–Crippen LogP) is 2.16. The van der Waals surface area contributed by atoms with E-state index < -0.39 is 0 Å². The number of hydrogen-bond donors (Lipinski definition) is 0. The summed E-state index contributed by atoms with van der Waals surface area (Å²) >= 11 is 0. The van der Waals surface area contributed by atoms with Crippen LogP contribution in [0.5, 0.6) is 11.5 Å². The largest absolute Gasteiger partial charge is 0.496 e. The molecule has 74 valence electrons. The van der Waals surface area contributed by atoms with Gasteiger partial charge in [0, 0.05) is 0 Å². The zero-order valence-corrected chi connectivity index (χ0v) is 8.41. The third-order valence-corrected chi connectivity index (χ3v) is 1.87. The van der Waals surface area contributed by atoms with Crippen LogP contribution in [0.2, 0.25) is 0 Å². The first-order chi connectivity index (χ1) is 6.83. The van der Waals surface area contributed by atoms with E-state index in [0.717, 1.165) is 11.3 Å². The molecule has 1 rings (SSSR count). The Bertz CT molecular complexity index is 342. The third kappa shape index (κ3) is 2.17. The Morgan fingerprint density at radius 1 is 1.36 bits per heavy atom. The standard InChI is InChI=1S/C11H13NO2/c1-3-14-11-6-4-5-10(13-2)9(11)7-8-12/h4-6H,3,7H2,1-2H3. The monoisotopic (exact) mass is 191 g/mol. The average molecular weight is 191 g/mol. The van der Waals surface area contributed by atoms with Crippen LogP contribution in [-0.2, 0) is 6.42 Å². The molecule has 0 spiro atoms. The normalized spacial score (nSPS) is 9.21.